The van der Waals surface area contributed by atoms with Crippen molar-refractivity contribution in [2.24, 2.45) is 0 Å². The Morgan fingerprint density at radius 2 is 1.60 bits per heavy atom. The van der Waals surface area contributed by atoms with Crippen LogP contribution in [0.15, 0.2) is 45.8 Å². The lowest BCUT2D eigenvalue weighted by Crippen LogP contribution is -1.96. The predicted molar refractivity (Wildman–Crippen MR) is 64.8 cm³/mol. The molecule has 0 aliphatic heterocycles. The molecule has 0 aliphatic carbocycles. The quantitative estimate of drug-likeness (QED) is 0.807. The highest BCUT2D eigenvalue weighted by molar-refractivity contribution is 9.10. The SMILES string of the molecule is CS(=O)(=O)c1ccc2cc(Br)ccc2c1. The maximum atomic E-state index is 11.3. The molecule has 0 radical (unpaired) electrons. The van der Waals surface area contributed by atoms with Gasteiger partial charge in [0.25, 0.3) is 0 Å². The van der Waals surface area contributed by atoms with Crippen LogP contribution in [0.3, 0.4) is 0 Å². The third-order valence-corrected chi connectivity index (χ3v) is 3.81. The Morgan fingerprint density at radius 3 is 2.27 bits per heavy atom. The lowest BCUT2D eigenvalue weighted by molar-refractivity contribution is 0.602. The van der Waals surface area contributed by atoms with Crippen LogP contribution in [0.1, 0.15) is 0 Å². The fraction of sp³-hybridized carbons (Fsp3) is 0.0909. The van der Waals surface area contributed by atoms with Gasteiger partial charge in [0.05, 0.1) is 4.90 Å². The number of sulfone groups is 1. The Kier molecular flexibility index (Phi) is 2.56. The molecule has 0 saturated heterocycles. The van der Waals surface area contributed by atoms with E-state index in [-0.39, 0.29) is 0 Å². The normalized spacial score (nSPS) is 11.9. The van der Waals surface area contributed by atoms with Crippen LogP contribution in [0.25, 0.3) is 10.8 Å². The fourth-order valence-corrected chi connectivity index (χ4v) is 2.46. The third-order valence-electron chi connectivity index (χ3n) is 2.20. The molecule has 0 aromatic heterocycles. The third kappa shape index (κ3) is 2.21. The zero-order valence-electron chi connectivity index (χ0n) is 8.07. The molecule has 0 N–H and O–H groups in total. The molecule has 4 heteroatoms. The highest BCUT2D eigenvalue weighted by Crippen LogP contribution is 2.22. The smallest absolute Gasteiger partial charge is 0.175 e. The van der Waals surface area contributed by atoms with Gasteiger partial charge < -0.3 is 0 Å². The van der Waals surface area contributed by atoms with Crippen molar-refractivity contribution in [1.82, 2.24) is 0 Å². The van der Waals surface area contributed by atoms with Crippen LogP contribution in [0.5, 0.6) is 0 Å². The van der Waals surface area contributed by atoms with Gasteiger partial charge >= 0.3 is 0 Å². The first-order valence-corrected chi connectivity index (χ1v) is 7.05. The average Bonchev–Trinajstić information content (AvgIpc) is 2.15. The van der Waals surface area contributed by atoms with Crippen molar-refractivity contribution in [3.05, 3.63) is 40.9 Å². The molecule has 2 nitrogen and oxygen atoms in total. The van der Waals surface area contributed by atoms with Crippen molar-refractivity contribution in [3.8, 4) is 0 Å². The Morgan fingerprint density at radius 1 is 1.00 bits per heavy atom. The second-order valence-electron chi connectivity index (χ2n) is 3.43. The minimum atomic E-state index is -3.12. The van der Waals surface area contributed by atoms with Gasteiger partial charge in [0.2, 0.25) is 0 Å². The van der Waals surface area contributed by atoms with Crippen LogP contribution in [-0.4, -0.2) is 14.7 Å². The molecule has 0 fully saturated rings. The lowest BCUT2D eigenvalue weighted by atomic mass is 10.1. The Hall–Kier alpha value is -0.870. The van der Waals surface area contributed by atoms with Crippen LogP contribution in [-0.2, 0) is 9.84 Å². The Bertz CT molecular complexity index is 618. The van der Waals surface area contributed by atoms with Crippen LogP contribution in [0.4, 0.5) is 0 Å². The minimum Gasteiger partial charge on any atom is -0.224 e. The van der Waals surface area contributed by atoms with E-state index >= 15 is 0 Å². The molecule has 2 rings (SSSR count). The number of hydrogen-bond acceptors (Lipinski definition) is 2. The summed E-state index contributed by atoms with van der Waals surface area (Å²) in [5.74, 6) is 0. The van der Waals surface area contributed by atoms with E-state index in [1.165, 1.54) is 6.26 Å². The molecule has 0 bridgehead atoms. The molecule has 0 atom stereocenters. The van der Waals surface area contributed by atoms with E-state index in [9.17, 15) is 8.42 Å². The van der Waals surface area contributed by atoms with E-state index in [1.54, 1.807) is 12.1 Å². The first-order valence-electron chi connectivity index (χ1n) is 4.36. The van der Waals surface area contributed by atoms with E-state index in [2.05, 4.69) is 15.9 Å². The van der Waals surface area contributed by atoms with Crippen molar-refractivity contribution in [3.63, 3.8) is 0 Å². The van der Waals surface area contributed by atoms with Crippen LogP contribution >= 0.6 is 15.9 Å². The predicted octanol–water partition coefficient (Wildman–Crippen LogP) is 3.01. The molecule has 0 saturated carbocycles. The number of hydrogen-bond donors (Lipinski definition) is 0. The number of fused-ring (bicyclic) bond motifs is 1. The van der Waals surface area contributed by atoms with E-state index in [4.69, 9.17) is 0 Å². The molecule has 15 heavy (non-hydrogen) atoms. The average molecular weight is 285 g/mol. The molecular formula is C11H9BrO2S. The molecule has 0 aliphatic rings. The second-order valence-corrected chi connectivity index (χ2v) is 6.36. The topological polar surface area (TPSA) is 34.1 Å². The summed E-state index contributed by atoms with van der Waals surface area (Å²) >= 11 is 3.37. The summed E-state index contributed by atoms with van der Waals surface area (Å²) in [5.41, 5.74) is 0. The molecule has 0 heterocycles. The zero-order chi connectivity index (χ0) is 11.1. The monoisotopic (exact) mass is 284 g/mol. The fourth-order valence-electron chi connectivity index (χ4n) is 1.43. The summed E-state index contributed by atoms with van der Waals surface area (Å²) < 4.78 is 23.7. The maximum absolute atomic E-state index is 11.3. The molecule has 78 valence electrons. The zero-order valence-corrected chi connectivity index (χ0v) is 10.5. The summed E-state index contributed by atoms with van der Waals surface area (Å²) in [5, 5.41) is 1.96. The van der Waals surface area contributed by atoms with Crippen LogP contribution in [0, 0.1) is 0 Å². The second kappa shape index (κ2) is 3.61. The van der Waals surface area contributed by atoms with Crippen LogP contribution in [0.2, 0.25) is 0 Å². The van der Waals surface area contributed by atoms with Gasteiger partial charge in [-0.2, -0.15) is 0 Å². The largest absolute Gasteiger partial charge is 0.224 e. The molecule has 2 aromatic carbocycles. The van der Waals surface area contributed by atoms with Crippen molar-refractivity contribution >= 4 is 36.5 Å². The summed E-state index contributed by atoms with van der Waals surface area (Å²) in [6.45, 7) is 0. The van der Waals surface area contributed by atoms with Gasteiger partial charge in [-0.15, -0.1) is 0 Å². The van der Waals surface area contributed by atoms with Gasteiger partial charge in [-0.1, -0.05) is 28.1 Å². The summed E-state index contributed by atoms with van der Waals surface area (Å²) in [6.07, 6.45) is 1.22. The Balaban J connectivity index is 2.73. The molecular weight excluding hydrogens is 276 g/mol. The maximum Gasteiger partial charge on any atom is 0.175 e. The van der Waals surface area contributed by atoms with Crippen molar-refractivity contribution in [2.75, 3.05) is 6.26 Å². The molecule has 2 aromatic rings. The Labute approximate surface area is 97.0 Å². The first-order chi connectivity index (χ1) is 6.97. The standard InChI is InChI=1S/C11H9BrO2S/c1-15(13,14)11-5-3-8-6-10(12)4-2-9(8)7-11/h2-7H,1H3. The van der Waals surface area contributed by atoms with E-state index < -0.39 is 9.84 Å². The summed E-state index contributed by atoms with van der Waals surface area (Å²) in [6, 6.07) is 10.9. The minimum absolute atomic E-state index is 0.359. The van der Waals surface area contributed by atoms with E-state index in [0.717, 1.165) is 15.2 Å². The van der Waals surface area contributed by atoms with Gasteiger partial charge in [-0.3, -0.25) is 0 Å². The van der Waals surface area contributed by atoms with Gasteiger partial charge in [0, 0.05) is 10.7 Å². The van der Waals surface area contributed by atoms with Crippen molar-refractivity contribution < 1.29 is 8.42 Å². The first kappa shape index (κ1) is 10.6. The molecule has 0 amide bonds. The summed E-state index contributed by atoms with van der Waals surface area (Å²) in [7, 11) is -3.12. The van der Waals surface area contributed by atoms with Crippen molar-refractivity contribution in [1.29, 1.82) is 0 Å². The van der Waals surface area contributed by atoms with Gasteiger partial charge in [-0.05, 0) is 35.0 Å². The lowest BCUT2D eigenvalue weighted by Gasteiger charge is -2.02. The van der Waals surface area contributed by atoms with E-state index in [1.807, 2.05) is 24.3 Å². The number of benzene rings is 2. The molecule has 0 unspecified atom stereocenters. The van der Waals surface area contributed by atoms with Crippen LogP contribution < -0.4 is 0 Å². The van der Waals surface area contributed by atoms with Gasteiger partial charge in [0.1, 0.15) is 0 Å². The van der Waals surface area contributed by atoms with E-state index in [0.29, 0.717) is 4.90 Å². The summed E-state index contributed by atoms with van der Waals surface area (Å²) in [4.78, 5) is 0.359. The molecule has 0 spiro atoms. The number of halogens is 1. The highest BCUT2D eigenvalue weighted by atomic mass is 79.9. The van der Waals surface area contributed by atoms with Gasteiger partial charge in [-0.25, -0.2) is 8.42 Å². The highest BCUT2D eigenvalue weighted by Gasteiger charge is 2.07. The van der Waals surface area contributed by atoms with Crippen molar-refractivity contribution in [2.45, 2.75) is 4.90 Å². The van der Waals surface area contributed by atoms with Gasteiger partial charge in [0.15, 0.2) is 9.84 Å². The number of rotatable bonds is 1.